The van der Waals surface area contributed by atoms with Crippen LogP contribution in [0.5, 0.6) is 0 Å². The van der Waals surface area contributed by atoms with Crippen LogP contribution in [0.15, 0.2) is 5.57 Å². The van der Waals surface area contributed by atoms with Gasteiger partial charge in [0.25, 0.3) is 0 Å². The second-order valence-electron chi connectivity index (χ2n) is 5.98. The Bertz CT molecular complexity index is 396. The molecular formula is C14H24O6. The molecular weight excluding hydrogens is 264 g/mol. The highest BCUT2D eigenvalue weighted by Gasteiger charge is 2.46. The van der Waals surface area contributed by atoms with Crippen LogP contribution < -0.4 is 0 Å². The van der Waals surface area contributed by atoms with E-state index in [1.54, 1.807) is 20.8 Å². The van der Waals surface area contributed by atoms with Crippen molar-refractivity contribution in [2.75, 3.05) is 6.61 Å². The van der Waals surface area contributed by atoms with Gasteiger partial charge in [0.05, 0.1) is 5.57 Å². The van der Waals surface area contributed by atoms with E-state index in [9.17, 15) is 4.79 Å². The lowest BCUT2D eigenvalue weighted by molar-refractivity contribution is -0.590. The molecule has 1 saturated heterocycles. The van der Waals surface area contributed by atoms with Crippen LogP contribution in [0.4, 0.5) is 0 Å². The third kappa shape index (κ3) is 3.67. The molecule has 0 saturated carbocycles. The Morgan fingerprint density at radius 2 is 1.65 bits per heavy atom. The molecule has 1 rings (SSSR count). The highest BCUT2D eigenvalue weighted by molar-refractivity contribution is 5.57. The first-order chi connectivity index (χ1) is 9.08. The summed E-state index contributed by atoms with van der Waals surface area (Å²) in [4.78, 5) is 32.6. The van der Waals surface area contributed by atoms with Crippen molar-refractivity contribution in [1.82, 2.24) is 0 Å². The first kappa shape index (κ1) is 17.3. The van der Waals surface area contributed by atoms with Crippen LogP contribution in [0, 0.1) is 5.92 Å². The summed E-state index contributed by atoms with van der Waals surface area (Å²) < 4.78 is 5.35. The van der Waals surface area contributed by atoms with Crippen LogP contribution in [0.25, 0.3) is 0 Å². The van der Waals surface area contributed by atoms with Gasteiger partial charge in [-0.15, -0.1) is 0 Å². The molecule has 1 aliphatic heterocycles. The van der Waals surface area contributed by atoms with E-state index in [0.29, 0.717) is 12.2 Å². The molecule has 0 amide bonds. The fourth-order valence-corrected chi connectivity index (χ4v) is 1.88. The number of ether oxygens (including phenoxy) is 1. The second-order valence-corrected chi connectivity index (χ2v) is 5.98. The Kier molecular flexibility index (Phi) is 5.13. The number of carbonyl (C=O) groups excluding carboxylic acids is 1. The first-order valence-electron chi connectivity index (χ1n) is 6.71. The molecule has 0 radical (unpaired) electrons. The Morgan fingerprint density at radius 1 is 1.10 bits per heavy atom. The molecule has 1 fully saturated rings. The van der Waals surface area contributed by atoms with Gasteiger partial charge in [0, 0.05) is 19.4 Å². The predicted molar refractivity (Wildman–Crippen MR) is 70.9 cm³/mol. The average Bonchev–Trinajstić information content (AvgIpc) is 2.36. The quantitative estimate of drug-likeness (QED) is 0.575. The lowest BCUT2D eigenvalue weighted by Crippen LogP contribution is -2.40. The van der Waals surface area contributed by atoms with Crippen molar-refractivity contribution < 1.29 is 29.1 Å². The molecule has 1 heterocycles. The summed E-state index contributed by atoms with van der Waals surface area (Å²) in [6.45, 7) is 12.6. The number of hydrogen-bond donors (Lipinski definition) is 0. The molecule has 2 atom stereocenters. The summed E-state index contributed by atoms with van der Waals surface area (Å²) in [7, 11) is 0. The van der Waals surface area contributed by atoms with Gasteiger partial charge in [-0.1, -0.05) is 6.92 Å². The molecule has 116 valence electrons. The molecule has 0 aromatic heterocycles. The second kappa shape index (κ2) is 5.93. The fraction of sp³-hybridized carbons (Fsp3) is 0.857. The van der Waals surface area contributed by atoms with E-state index in [0.717, 1.165) is 0 Å². The van der Waals surface area contributed by atoms with Crippen molar-refractivity contribution in [1.29, 1.82) is 0 Å². The zero-order valence-corrected chi connectivity index (χ0v) is 13.2. The van der Waals surface area contributed by atoms with E-state index in [1.807, 2.05) is 26.7 Å². The van der Waals surface area contributed by atoms with E-state index in [-0.39, 0.29) is 5.92 Å². The lowest BCUT2D eigenvalue weighted by Gasteiger charge is -2.33. The minimum Gasteiger partial charge on any atom is -0.324 e. The maximum absolute atomic E-state index is 11.3. The Balaban J connectivity index is 3.18. The van der Waals surface area contributed by atoms with Gasteiger partial charge in [-0.3, -0.25) is 0 Å². The van der Waals surface area contributed by atoms with Gasteiger partial charge < -0.3 is 4.74 Å². The molecule has 0 N–H and O–H groups in total. The third-order valence-corrected chi connectivity index (χ3v) is 3.45. The molecule has 0 aliphatic carbocycles. The van der Waals surface area contributed by atoms with Gasteiger partial charge >= 0.3 is 5.97 Å². The summed E-state index contributed by atoms with van der Waals surface area (Å²) in [5, 5.41) is 0. The third-order valence-electron chi connectivity index (χ3n) is 3.45. The zero-order valence-electron chi connectivity index (χ0n) is 13.2. The summed E-state index contributed by atoms with van der Waals surface area (Å²) in [6.07, 6.45) is 0. The highest BCUT2D eigenvalue weighted by Crippen LogP contribution is 2.38. The molecule has 20 heavy (non-hydrogen) atoms. The van der Waals surface area contributed by atoms with Gasteiger partial charge in [-0.05, 0) is 34.6 Å². The van der Waals surface area contributed by atoms with Gasteiger partial charge in [-0.2, -0.15) is 9.78 Å². The van der Waals surface area contributed by atoms with Crippen LogP contribution >= 0.6 is 0 Å². The van der Waals surface area contributed by atoms with E-state index in [1.165, 1.54) is 6.92 Å². The topological polar surface area (TPSA) is 63.2 Å². The van der Waals surface area contributed by atoms with Crippen molar-refractivity contribution in [2.45, 2.75) is 65.6 Å². The summed E-state index contributed by atoms with van der Waals surface area (Å²) in [6, 6.07) is 0. The summed E-state index contributed by atoms with van der Waals surface area (Å²) in [5.41, 5.74) is -1.36. The van der Waals surface area contributed by atoms with E-state index in [2.05, 4.69) is 0 Å². The maximum Gasteiger partial charge on any atom is 0.336 e. The van der Waals surface area contributed by atoms with E-state index >= 15 is 0 Å². The largest absolute Gasteiger partial charge is 0.336 e. The van der Waals surface area contributed by atoms with Crippen LogP contribution in [0.2, 0.25) is 0 Å². The van der Waals surface area contributed by atoms with Crippen LogP contribution in [-0.4, -0.2) is 29.7 Å². The fourth-order valence-electron chi connectivity index (χ4n) is 1.88. The Labute approximate surface area is 119 Å². The number of rotatable bonds is 2. The molecule has 0 aromatic rings. The number of hydrogen-bond acceptors (Lipinski definition) is 6. The average molecular weight is 288 g/mol. The van der Waals surface area contributed by atoms with Gasteiger partial charge in [0.15, 0.2) is 0 Å². The van der Waals surface area contributed by atoms with Crippen LogP contribution in [0.3, 0.4) is 0 Å². The summed E-state index contributed by atoms with van der Waals surface area (Å²) >= 11 is 0. The van der Waals surface area contributed by atoms with Crippen molar-refractivity contribution in [3.05, 3.63) is 5.57 Å². The van der Waals surface area contributed by atoms with Crippen molar-refractivity contribution in [3.63, 3.8) is 0 Å². The minimum atomic E-state index is -1.51. The smallest absolute Gasteiger partial charge is 0.324 e. The molecule has 0 spiro atoms. The first-order valence-corrected chi connectivity index (χ1v) is 6.71. The predicted octanol–water partition coefficient (Wildman–Crippen LogP) is 2.56. The molecule has 2 unspecified atom stereocenters. The normalized spacial score (nSPS) is 33.8. The van der Waals surface area contributed by atoms with Crippen molar-refractivity contribution in [2.24, 2.45) is 5.92 Å². The lowest BCUT2D eigenvalue weighted by atomic mass is 9.79. The SMILES string of the molecule is CCOC1(C)OOC(C)(C)C(=C=O)C(C)C(C)(C)OO1. The molecule has 6 nitrogen and oxygen atoms in total. The Morgan fingerprint density at radius 3 is 2.15 bits per heavy atom. The van der Waals surface area contributed by atoms with Crippen LogP contribution in [-0.2, 0) is 29.1 Å². The standard InChI is InChI=1S/C14H24O6/c1-8-16-14(7)19-17-12(3,4)10(2)11(9-15)13(5,6)18-20-14/h10H,8H2,1-7H3. The van der Waals surface area contributed by atoms with E-state index < -0.39 is 17.2 Å². The van der Waals surface area contributed by atoms with E-state index in [4.69, 9.17) is 24.3 Å². The Hall–Kier alpha value is -0.750. The van der Waals surface area contributed by atoms with Crippen molar-refractivity contribution >= 4 is 5.94 Å². The minimum absolute atomic E-state index is 0.289. The van der Waals surface area contributed by atoms with Gasteiger partial charge in [0.2, 0.25) is 0 Å². The molecule has 1 aliphatic rings. The molecule has 6 heteroatoms. The van der Waals surface area contributed by atoms with Crippen molar-refractivity contribution in [3.8, 4) is 0 Å². The zero-order chi connectivity index (χ0) is 15.6. The molecule has 0 aromatic carbocycles. The van der Waals surface area contributed by atoms with Crippen LogP contribution in [0.1, 0.15) is 48.5 Å². The summed E-state index contributed by atoms with van der Waals surface area (Å²) in [5.74, 6) is 0.138. The van der Waals surface area contributed by atoms with Gasteiger partial charge in [-0.25, -0.2) is 14.6 Å². The van der Waals surface area contributed by atoms with Gasteiger partial charge in [0.1, 0.15) is 17.1 Å². The monoisotopic (exact) mass is 288 g/mol. The molecule has 0 bridgehead atoms. The highest BCUT2D eigenvalue weighted by atomic mass is 17.4. The maximum atomic E-state index is 11.3.